The third kappa shape index (κ3) is 1.91. The summed E-state index contributed by atoms with van der Waals surface area (Å²) in [6, 6.07) is 0. The Morgan fingerprint density at radius 2 is 2.00 bits per heavy atom. The zero-order valence-electron chi connectivity index (χ0n) is 7.64. The Kier molecular flexibility index (Phi) is 2.45. The maximum Gasteiger partial charge on any atom is 0.315 e. The molecule has 1 aliphatic heterocycles. The van der Waals surface area contributed by atoms with Crippen molar-refractivity contribution in [3.05, 3.63) is 59.9 Å². The first-order valence-corrected chi connectivity index (χ1v) is 4.49. The van der Waals surface area contributed by atoms with Crippen molar-refractivity contribution in [2.45, 2.75) is 6.42 Å². The van der Waals surface area contributed by atoms with E-state index in [4.69, 9.17) is 4.74 Å². The Morgan fingerprint density at radius 1 is 1.07 bits per heavy atom. The normalized spacial score (nSPS) is 28.1. The quantitative estimate of drug-likeness (QED) is 0.543. The lowest BCUT2D eigenvalue weighted by Gasteiger charge is -2.05. The van der Waals surface area contributed by atoms with Crippen LogP contribution in [0.25, 0.3) is 0 Å². The second kappa shape index (κ2) is 3.92. The molecule has 0 N–H and O–H groups in total. The molecule has 0 aromatic carbocycles. The molecular weight excluding hydrogens is 176 g/mol. The van der Waals surface area contributed by atoms with Crippen LogP contribution in [0.4, 0.5) is 0 Å². The molecule has 2 aliphatic rings. The van der Waals surface area contributed by atoms with Crippen molar-refractivity contribution < 1.29 is 9.53 Å². The molecule has 0 aromatic rings. The Balaban J connectivity index is 2.29. The fourth-order valence-corrected chi connectivity index (χ4v) is 1.28. The number of esters is 1. The van der Waals surface area contributed by atoms with Gasteiger partial charge in [0.15, 0.2) is 0 Å². The molecule has 0 amide bonds. The first-order valence-electron chi connectivity index (χ1n) is 4.49. The van der Waals surface area contributed by atoms with E-state index in [9.17, 15) is 4.79 Å². The van der Waals surface area contributed by atoms with Crippen molar-refractivity contribution in [2.24, 2.45) is 0 Å². The first-order chi connectivity index (χ1) is 6.86. The van der Waals surface area contributed by atoms with Crippen molar-refractivity contribution in [3.8, 4) is 0 Å². The first kappa shape index (κ1) is 8.75. The average Bonchev–Trinajstić information content (AvgIpc) is 2.59. The summed E-state index contributed by atoms with van der Waals surface area (Å²) in [7, 11) is 0. The summed E-state index contributed by atoms with van der Waals surface area (Å²) in [6.07, 6.45) is 15.2. The Hall–Kier alpha value is -1.83. The van der Waals surface area contributed by atoms with Crippen molar-refractivity contribution >= 4 is 5.97 Å². The molecule has 2 rings (SSSR count). The van der Waals surface area contributed by atoms with E-state index in [1.165, 1.54) is 0 Å². The standard InChI is InChI=1S/C12H10O2/c13-12-9-4-2-1-3-6-10-7-5-8-11(10)14-12/h1-8H,9H2/b3-1-,4-2-,10-6-. The predicted molar refractivity (Wildman–Crippen MR) is 54.3 cm³/mol. The molecule has 2 nitrogen and oxygen atoms in total. The highest BCUT2D eigenvalue weighted by Gasteiger charge is 2.11. The number of hydrogen-bond acceptors (Lipinski definition) is 2. The lowest BCUT2D eigenvalue weighted by molar-refractivity contribution is -0.138. The highest BCUT2D eigenvalue weighted by atomic mass is 16.5. The average molecular weight is 186 g/mol. The molecule has 0 radical (unpaired) electrons. The zero-order valence-corrected chi connectivity index (χ0v) is 7.64. The highest BCUT2D eigenvalue weighted by Crippen LogP contribution is 2.20. The third-order valence-corrected chi connectivity index (χ3v) is 1.95. The molecule has 1 aliphatic carbocycles. The number of ether oxygens (including phenoxy) is 1. The van der Waals surface area contributed by atoms with E-state index in [0.717, 1.165) is 5.57 Å². The number of fused-ring (bicyclic) bond motifs is 1. The van der Waals surface area contributed by atoms with Crippen molar-refractivity contribution in [1.29, 1.82) is 0 Å². The maximum absolute atomic E-state index is 11.3. The van der Waals surface area contributed by atoms with Crippen LogP contribution in [0.3, 0.4) is 0 Å². The molecule has 0 atom stereocenters. The molecule has 2 heteroatoms. The molecule has 0 spiro atoms. The second-order valence-electron chi connectivity index (χ2n) is 3.00. The van der Waals surface area contributed by atoms with E-state index >= 15 is 0 Å². The van der Waals surface area contributed by atoms with E-state index in [1.807, 2.05) is 36.5 Å². The SMILES string of the molecule is O=C1C\C=C/C=C\C=C2\C=CC=C2O1. The van der Waals surface area contributed by atoms with Crippen LogP contribution < -0.4 is 0 Å². The van der Waals surface area contributed by atoms with E-state index in [0.29, 0.717) is 12.2 Å². The fourth-order valence-electron chi connectivity index (χ4n) is 1.28. The molecule has 0 aromatic heterocycles. The molecule has 0 bridgehead atoms. The van der Waals surface area contributed by atoms with Gasteiger partial charge in [0.25, 0.3) is 0 Å². The Labute approximate surface area is 82.6 Å². The molecule has 0 unspecified atom stereocenters. The van der Waals surface area contributed by atoms with Gasteiger partial charge in [0.1, 0.15) is 5.76 Å². The van der Waals surface area contributed by atoms with Gasteiger partial charge >= 0.3 is 5.97 Å². The van der Waals surface area contributed by atoms with Crippen LogP contribution in [0.15, 0.2) is 59.9 Å². The summed E-state index contributed by atoms with van der Waals surface area (Å²) in [5.41, 5.74) is 0.935. The van der Waals surface area contributed by atoms with Gasteiger partial charge in [-0.25, -0.2) is 0 Å². The highest BCUT2D eigenvalue weighted by molar-refractivity contribution is 5.74. The van der Waals surface area contributed by atoms with E-state index < -0.39 is 0 Å². The van der Waals surface area contributed by atoms with Crippen molar-refractivity contribution in [1.82, 2.24) is 0 Å². The lowest BCUT2D eigenvalue weighted by atomic mass is 10.2. The number of allylic oxidation sites excluding steroid dienone is 7. The Bertz CT molecular complexity index is 393. The number of carbonyl (C=O) groups excluding carboxylic acids is 1. The van der Waals surface area contributed by atoms with Crippen molar-refractivity contribution in [2.75, 3.05) is 0 Å². The summed E-state index contributed by atoms with van der Waals surface area (Å²) >= 11 is 0. The van der Waals surface area contributed by atoms with Gasteiger partial charge in [-0.2, -0.15) is 0 Å². The zero-order chi connectivity index (χ0) is 9.80. The summed E-state index contributed by atoms with van der Waals surface area (Å²) in [6.45, 7) is 0. The Morgan fingerprint density at radius 3 is 2.93 bits per heavy atom. The van der Waals surface area contributed by atoms with Crippen LogP contribution in [-0.4, -0.2) is 5.97 Å². The predicted octanol–water partition coefficient (Wildman–Crippen LogP) is 2.43. The van der Waals surface area contributed by atoms with Gasteiger partial charge in [-0.1, -0.05) is 42.5 Å². The minimum Gasteiger partial charge on any atom is -0.426 e. The summed E-state index contributed by atoms with van der Waals surface area (Å²) in [4.78, 5) is 11.3. The summed E-state index contributed by atoms with van der Waals surface area (Å²) in [5.74, 6) is 0.410. The van der Waals surface area contributed by atoms with Gasteiger partial charge in [0, 0.05) is 5.57 Å². The maximum atomic E-state index is 11.3. The van der Waals surface area contributed by atoms with E-state index in [2.05, 4.69) is 0 Å². The van der Waals surface area contributed by atoms with Gasteiger partial charge < -0.3 is 4.74 Å². The summed E-state index contributed by atoms with van der Waals surface area (Å²) in [5, 5.41) is 0. The minimum atomic E-state index is -0.225. The van der Waals surface area contributed by atoms with Crippen molar-refractivity contribution in [3.63, 3.8) is 0 Å². The van der Waals surface area contributed by atoms with Crippen LogP contribution in [0.2, 0.25) is 0 Å². The third-order valence-electron chi connectivity index (χ3n) is 1.95. The molecule has 14 heavy (non-hydrogen) atoms. The van der Waals surface area contributed by atoms with Crippen LogP contribution in [0.1, 0.15) is 6.42 Å². The molecule has 0 saturated heterocycles. The number of hydrogen-bond donors (Lipinski definition) is 0. The molecule has 70 valence electrons. The van der Waals surface area contributed by atoms with Gasteiger partial charge in [-0.3, -0.25) is 4.79 Å². The van der Waals surface area contributed by atoms with Gasteiger partial charge in [-0.05, 0) is 6.08 Å². The van der Waals surface area contributed by atoms with E-state index in [1.54, 1.807) is 12.2 Å². The fraction of sp³-hybridized carbons (Fsp3) is 0.0833. The molecule has 1 heterocycles. The van der Waals surface area contributed by atoms with Crippen LogP contribution >= 0.6 is 0 Å². The van der Waals surface area contributed by atoms with E-state index in [-0.39, 0.29) is 5.97 Å². The van der Waals surface area contributed by atoms with Crippen LogP contribution in [-0.2, 0) is 9.53 Å². The lowest BCUT2D eigenvalue weighted by Crippen LogP contribution is -2.03. The second-order valence-corrected chi connectivity index (χ2v) is 3.00. The smallest absolute Gasteiger partial charge is 0.315 e. The van der Waals surface area contributed by atoms with Gasteiger partial charge in [-0.15, -0.1) is 0 Å². The minimum absolute atomic E-state index is 0.225. The summed E-state index contributed by atoms with van der Waals surface area (Å²) < 4.78 is 5.16. The topological polar surface area (TPSA) is 26.3 Å². The van der Waals surface area contributed by atoms with Crippen LogP contribution in [0.5, 0.6) is 0 Å². The van der Waals surface area contributed by atoms with Gasteiger partial charge in [0.2, 0.25) is 0 Å². The number of carbonyl (C=O) groups is 1. The molecule has 0 fully saturated rings. The molecule has 0 saturated carbocycles. The molecular formula is C12H10O2. The number of rotatable bonds is 0. The monoisotopic (exact) mass is 186 g/mol. The van der Waals surface area contributed by atoms with Crippen LogP contribution in [0, 0.1) is 0 Å². The largest absolute Gasteiger partial charge is 0.426 e. The van der Waals surface area contributed by atoms with Gasteiger partial charge in [0.05, 0.1) is 6.42 Å².